The highest BCUT2D eigenvalue weighted by Crippen LogP contribution is 2.34. The molecule has 0 aliphatic heterocycles. The standard InChI is InChI=1S/C20H25F3N2OS/c1-5-27-19-17(18(26)24-10-6-7-12(2)3)13(4)15-9-8-14(20(21,22)23)11-16(15)25-19/h8-9,11-12H,5-7,10H2,1-4H3,(H,24,26). The van der Waals surface area contributed by atoms with Crippen molar-refractivity contribution in [3.8, 4) is 0 Å². The van der Waals surface area contributed by atoms with Gasteiger partial charge in [0.2, 0.25) is 0 Å². The molecule has 27 heavy (non-hydrogen) atoms. The highest BCUT2D eigenvalue weighted by atomic mass is 32.2. The van der Waals surface area contributed by atoms with Gasteiger partial charge in [-0.3, -0.25) is 4.79 Å². The maximum absolute atomic E-state index is 13.0. The normalized spacial score (nSPS) is 12.0. The van der Waals surface area contributed by atoms with Gasteiger partial charge in [0.05, 0.1) is 16.6 Å². The zero-order valence-electron chi connectivity index (χ0n) is 16.0. The van der Waals surface area contributed by atoms with E-state index < -0.39 is 11.7 Å². The number of benzene rings is 1. The van der Waals surface area contributed by atoms with Crippen LogP contribution in [0.5, 0.6) is 0 Å². The average Bonchev–Trinajstić information content (AvgIpc) is 2.57. The van der Waals surface area contributed by atoms with Crippen molar-refractivity contribution in [2.45, 2.75) is 51.7 Å². The number of rotatable bonds is 7. The van der Waals surface area contributed by atoms with E-state index in [-0.39, 0.29) is 11.4 Å². The first-order chi connectivity index (χ1) is 12.6. The Morgan fingerprint density at radius 1 is 1.30 bits per heavy atom. The van der Waals surface area contributed by atoms with E-state index in [4.69, 9.17) is 0 Å². The molecular weight excluding hydrogens is 373 g/mol. The number of thioether (sulfide) groups is 1. The minimum Gasteiger partial charge on any atom is -0.352 e. The molecular formula is C20H25F3N2OS. The lowest BCUT2D eigenvalue weighted by Gasteiger charge is -2.15. The summed E-state index contributed by atoms with van der Waals surface area (Å²) in [4.78, 5) is 17.1. The van der Waals surface area contributed by atoms with E-state index in [1.54, 1.807) is 6.92 Å². The molecule has 0 radical (unpaired) electrons. The van der Waals surface area contributed by atoms with Crippen LogP contribution in [0, 0.1) is 12.8 Å². The van der Waals surface area contributed by atoms with Crippen LogP contribution >= 0.6 is 11.8 Å². The molecule has 0 aliphatic rings. The van der Waals surface area contributed by atoms with E-state index in [1.807, 2.05) is 6.92 Å². The van der Waals surface area contributed by atoms with Crippen LogP contribution in [0.15, 0.2) is 23.2 Å². The highest BCUT2D eigenvalue weighted by molar-refractivity contribution is 7.99. The lowest BCUT2D eigenvalue weighted by atomic mass is 10.0. The quantitative estimate of drug-likeness (QED) is 0.471. The molecule has 1 aromatic carbocycles. The van der Waals surface area contributed by atoms with Crippen LogP contribution in [-0.4, -0.2) is 23.2 Å². The molecule has 1 heterocycles. The number of carbonyl (C=O) groups is 1. The predicted octanol–water partition coefficient (Wildman–Crippen LogP) is 5.84. The molecule has 1 aromatic heterocycles. The van der Waals surface area contributed by atoms with Gasteiger partial charge in [0.1, 0.15) is 5.03 Å². The molecule has 0 bridgehead atoms. The lowest BCUT2D eigenvalue weighted by Crippen LogP contribution is -2.26. The van der Waals surface area contributed by atoms with Gasteiger partial charge in [-0.05, 0) is 49.1 Å². The first-order valence-corrected chi connectivity index (χ1v) is 10.1. The third kappa shape index (κ3) is 5.37. The molecule has 2 aromatic rings. The van der Waals surface area contributed by atoms with Crippen LogP contribution in [0.4, 0.5) is 13.2 Å². The number of alkyl halides is 3. The van der Waals surface area contributed by atoms with Gasteiger partial charge >= 0.3 is 6.18 Å². The highest BCUT2D eigenvalue weighted by Gasteiger charge is 2.31. The summed E-state index contributed by atoms with van der Waals surface area (Å²) in [7, 11) is 0. The number of hydrogen-bond donors (Lipinski definition) is 1. The molecule has 0 aliphatic carbocycles. The zero-order chi connectivity index (χ0) is 20.2. The largest absolute Gasteiger partial charge is 0.416 e. The minimum atomic E-state index is -4.42. The van der Waals surface area contributed by atoms with Crippen molar-refractivity contribution in [1.29, 1.82) is 0 Å². The molecule has 7 heteroatoms. The van der Waals surface area contributed by atoms with E-state index >= 15 is 0 Å². The fraction of sp³-hybridized carbons (Fsp3) is 0.500. The Labute approximate surface area is 162 Å². The van der Waals surface area contributed by atoms with Gasteiger partial charge in [0.15, 0.2) is 0 Å². The topological polar surface area (TPSA) is 42.0 Å². The van der Waals surface area contributed by atoms with Gasteiger partial charge in [-0.25, -0.2) is 4.98 Å². The number of aromatic nitrogens is 1. The molecule has 0 saturated heterocycles. The first-order valence-electron chi connectivity index (χ1n) is 9.07. The number of carbonyl (C=O) groups excluding carboxylic acids is 1. The van der Waals surface area contributed by atoms with Crippen LogP contribution in [0.1, 0.15) is 55.1 Å². The number of pyridine rings is 1. The third-order valence-corrected chi connectivity index (χ3v) is 5.15. The Morgan fingerprint density at radius 2 is 2.00 bits per heavy atom. The fourth-order valence-corrected chi connectivity index (χ4v) is 3.71. The van der Waals surface area contributed by atoms with E-state index in [9.17, 15) is 18.0 Å². The summed E-state index contributed by atoms with van der Waals surface area (Å²) in [5.41, 5.74) is 0.638. The average molecular weight is 398 g/mol. The fourth-order valence-electron chi connectivity index (χ4n) is 2.89. The van der Waals surface area contributed by atoms with Gasteiger partial charge in [-0.2, -0.15) is 13.2 Å². The number of hydrogen-bond acceptors (Lipinski definition) is 3. The Hall–Kier alpha value is -1.76. The summed E-state index contributed by atoms with van der Waals surface area (Å²) in [6, 6.07) is 3.48. The van der Waals surface area contributed by atoms with Crippen molar-refractivity contribution >= 4 is 28.6 Å². The summed E-state index contributed by atoms with van der Waals surface area (Å²) < 4.78 is 39.0. The summed E-state index contributed by atoms with van der Waals surface area (Å²) in [6.07, 6.45) is -2.52. The number of halogens is 3. The Balaban J connectivity index is 2.41. The minimum absolute atomic E-state index is 0.221. The van der Waals surface area contributed by atoms with Crippen LogP contribution in [-0.2, 0) is 6.18 Å². The van der Waals surface area contributed by atoms with Gasteiger partial charge in [-0.15, -0.1) is 11.8 Å². The third-order valence-electron chi connectivity index (χ3n) is 4.29. The second kappa shape index (κ2) is 8.95. The van der Waals surface area contributed by atoms with Crippen molar-refractivity contribution in [2.75, 3.05) is 12.3 Å². The van der Waals surface area contributed by atoms with E-state index in [1.165, 1.54) is 17.8 Å². The number of aryl methyl sites for hydroxylation is 1. The van der Waals surface area contributed by atoms with Gasteiger partial charge < -0.3 is 5.32 Å². The summed E-state index contributed by atoms with van der Waals surface area (Å²) >= 11 is 1.36. The van der Waals surface area contributed by atoms with Crippen molar-refractivity contribution < 1.29 is 18.0 Å². The van der Waals surface area contributed by atoms with E-state index in [2.05, 4.69) is 24.1 Å². The predicted molar refractivity (Wildman–Crippen MR) is 104 cm³/mol. The second-order valence-corrected chi connectivity index (χ2v) is 8.12. The summed E-state index contributed by atoms with van der Waals surface area (Å²) in [6.45, 7) is 8.51. The monoisotopic (exact) mass is 398 g/mol. The maximum Gasteiger partial charge on any atom is 0.416 e. The van der Waals surface area contributed by atoms with Crippen LogP contribution in [0.2, 0.25) is 0 Å². The molecule has 0 unspecified atom stereocenters. The van der Waals surface area contributed by atoms with Crippen LogP contribution < -0.4 is 5.32 Å². The molecule has 1 N–H and O–H groups in total. The summed E-state index contributed by atoms with van der Waals surface area (Å²) in [5.74, 6) is 1.02. The number of nitrogens with zero attached hydrogens (tertiary/aromatic N) is 1. The Bertz CT molecular complexity index is 819. The van der Waals surface area contributed by atoms with E-state index in [0.29, 0.717) is 39.8 Å². The number of fused-ring (bicyclic) bond motifs is 1. The lowest BCUT2D eigenvalue weighted by molar-refractivity contribution is -0.137. The molecule has 2 rings (SSSR count). The van der Waals surface area contributed by atoms with Crippen LogP contribution in [0.3, 0.4) is 0 Å². The molecule has 1 amide bonds. The summed E-state index contributed by atoms with van der Waals surface area (Å²) in [5, 5.41) is 3.96. The van der Waals surface area contributed by atoms with E-state index in [0.717, 1.165) is 25.0 Å². The molecule has 3 nitrogen and oxygen atoms in total. The second-order valence-electron chi connectivity index (χ2n) is 6.87. The maximum atomic E-state index is 13.0. The van der Waals surface area contributed by atoms with Crippen molar-refractivity contribution in [2.24, 2.45) is 5.92 Å². The SMILES string of the molecule is CCSc1nc2cc(C(F)(F)F)ccc2c(C)c1C(=O)NCCCC(C)C. The molecule has 0 saturated carbocycles. The number of amides is 1. The van der Waals surface area contributed by atoms with Gasteiger partial charge in [-0.1, -0.05) is 26.8 Å². The molecule has 0 atom stereocenters. The molecule has 148 valence electrons. The van der Waals surface area contributed by atoms with Crippen LogP contribution in [0.25, 0.3) is 10.9 Å². The van der Waals surface area contributed by atoms with Crippen molar-refractivity contribution in [1.82, 2.24) is 10.3 Å². The molecule has 0 spiro atoms. The number of nitrogens with one attached hydrogen (secondary N) is 1. The van der Waals surface area contributed by atoms with Gasteiger partial charge in [0, 0.05) is 11.9 Å². The van der Waals surface area contributed by atoms with Crippen molar-refractivity contribution in [3.63, 3.8) is 0 Å². The Morgan fingerprint density at radius 3 is 2.59 bits per heavy atom. The first kappa shape index (κ1) is 21.5. The molecule has 0 fully saturated rings. The van der Waals surface area contributed by atoms with Gasteiger partial charge in [0.25, 0.3) is 5.91 Å². The smallest absolute Gasteiger partial charge is 0.352 e. The Kier molecular flexibility index (Phi) is 7.14. The van der Waals surface area contributed by atoms with Crippen molar-refractivity contribution in [3.05, 3.63) is 34.9 Å². The zero-order valence-corrected chi connectivity index (χ0v) is 16.9.